The molecule has 22 heavy (non-hydrogen) atoms. The van der Waals surface area contributed by atoms with Gasteiger partial charge in [-0.05, 0) is 33.6 Å². The number of nitrogens with zero attached hydrogens (tertiary/aromatic N) is 1. The van der Waals surface area contributed by atoms with Gasteiger partial charge in [-0.15, -0.1) is 0 Å². The van der Waals surface area contributed by atoms with E-state index >= 15 is 0 Å². The molecule has 8 nitrogen and oxygen atoms in total. The third-order valence-electron chi connectivity index (χ3n) is 3.35. The number of likely N-dealkylation sites (tertiary alicyclic amines) is 1. The number of carbonyl (C=O) groups is 3. The average Bonchev–Trinajstić information content (AvgIpc) is 2.90. The first-order valence-electron chi connectivity index (χ1n) is 7.32. The Morgan fingerprint density at radius 1 is 1.41 bits per heavy atom. The van der Waals surface area contributed by atoms with Crippen LogP contribution in [0.5, 0.6) is 0 Å². The first-order chi connectivity index (χ1) is 10.2. The highest BCUT2D eigenvalue weighted by Gasteiger charge is 2.35. The van der Waals surface area contributed by atoms with Crippen LogP contribution in [0.2, 0.25) is 0 Å². The lowest BCUT2D eigenvalue weighted by Crippen LogP contribution is -2.53. The smallest absolute Gasteiger partial charge is 0.328 e. The molecule has 0 bridgehead atoms. The highest BCUT2D eigenvalue weighted by atomic mass is 16.5. The monoisotopic (exact) mass is 315 g/mol. The van der Waals surface area contributed by atoms with Crippen LogP contribution in [0, 0.1) is 0 Å². The van der Waals surface area contributed by atoms with Crippen molar-refractivity contribution in [3.63, 3.8) is 0 Å². The maximum absolute atomic E-state index is 12.3. The maximum Gasteiger partial charge on any atom is 0.328 e. The molecule has 0 spiro atoms. The zero-order valence-corrected chi connectivity index (χ0v) is 13.3. The van der Waals surface area contributed by atoms with Gasteiger partial charge in [0.1, 0.15) is 6.04 Å². The summed E-state index contributed by atoms with van der Waals surface area (Å²) in [5.41, 5.74) is 4.82. The second-order valence-electron chi connectivity index (χ2n) is 6.27. The average molecular weight is 315 g/mol. The number of hydrogen-bond acceptors (Lipinski definition) is 5. The predicted octanol–water partition coefficient (Wildman–Crippen LogP) is -0.679. The summed E-state index contributed by atoms with van der Waals surface area (Å²) < 4.78 is 5.42. The number of hydrogen-bond donors (Lipinski definition) is 3. The maximum atomic E-state index is 12.3. The van der Waals surface area contributed by atoms with E-state index < -0.39 is 29.6 Å². The Hall–Kier alpha value is -1.67. The molecule has 2 amide bonds. The summed E-state index contributed by atoms with van der Waals surface area (Å²) >= 11 is 0. The number of nitrogens with two attached hydrogens (primary N) is 1. The van der Waals surface area contributed by atoms with Gasteiger partial charge in [0.15, 0.2) is 6.04 Å². The summed E-state index contributed by atoms with van der Waals surface area (Å²) in [4.78, 5) is 36.6. The Morgan fingerprint density at radius 3 is 2.55 bits per heavy atom. The van der Waals surface area contributed by atoms with Crippen molar-refractivity contribution in [1.82, 2.24) is 10.2 Å². The van der Waals surface area contributed by atoms with Crippen molar-refractivity contribution in [3.05, 3.63) is 0 Å². The van der Waals surface area contributed by atoms with Crippen molar-refractivity contribution in [1.29, 1.82) is 0 Å². The number of carboxylic acids is 1. The van der Waals surface area contributed by atoms with Crippen LogP contribution < -0.4 is 11.1 Å². The zero-order chi connectivity index (χ0) is 16.9. The molecule has 0 aliphatic carbocycles. The highest BCUT2D eigenvalue weighted by Crippen LogP contribution is 2.17. The molecule has 0 aromatic rings. The minimum Gasteiger partial charge on any atom is -0.480 e. The fraction of sp³-hybridized carbons (Fsp3) is 0.786. The van der Waals surface area contributed by atoms with Gasteiger partial charge in [0.25, 0.3) is 0 Å². The van der Waals surface area contributed by atoms with E-state index in [1.165, 1.54) is 4.90 Å². The van der Waals surface area contributed by atoms with Gasteiger partial charge < -0.3 is 25.8 Å². The summed E-state index contributed by atoms with van der Waals surface area (Å²) in [5, 5.41) is 11.6. The van der Waals surface area contributed by atoms with Crippen LogP contribution >= 0.6 is 0 Å². The van der Waals surface area contributed by atoms with Gasteiger partial charge in [-0.25, -0.2) is 4.79 Å². The molecule has 0 saturated carbocycles. The lowest BCUT2D eigenvalue weighted by molar-refractivity contribution is -0.146. The van der Waals surface area contributed by atoms with Crippen LogP contribution in [0.4, 0.5) is 0 Å². The van der Waals surface area contributed by atoms with Crippen molar-refractivity contribution < 1.29 is 24.2 Å². The van der Waals surface area contributed by atoms with E-state index in [9.17, 15) is 19.5 Å². The molecule has 1 saturated heterocycles. The summed E-state index contributed by atoms with van der Waals surface area (Å²) in [6.45, 7) is 5.55. The summed E-state index contributed by atoms with van der Waals surface area (Å²) in [7, 11) is 0. The van der Waals surface area contributed by atoms with Crippen molar-refractivity contribution >= 4 is 17.8 Å². The van der Waals surface area contributed by atoms with E-state index in [2.05, 4.69) is 5.32 Å². The molecule has 0 aromatic heterocycles. The molecule has 0 radical (unpaired) electrons. The van der Waals surface area contributed by atoms with E-state index in [1.807, 2.05) is 0 Å². The molecule has 0 aromatic carbocycles. The Kier molecular flexibility index (Phi) is 6.31. The number of carbonyl (C=O) groups excluding carboxylic acids is 2. The van der Waals surface area contributed by atoms with Crippen LogP contribution in [0.25, 0.3) is 0 Å². The number of aliphatic carboxylic acids is 1. The third-order valence-corrected chi connectivity index (χ3v) is 3.35. The Morgan fingerprint density at radius 2 is 2.05 bits per heavy atom. The van der Waals surface area contributed by atoms with E-state index in [0.717, 1.165) is 0 Å². The number of rotatable bonds is 6. The topological polar surface area (TPSA) is 122 Å². The molecular weight excluding hydrogens is 290 g/mol. The molecule has 4 N–H and O–H groups in total. The van der Waals surface area contributed by atoms with Gasteiger partial charge >= 0.3 is 5.97 Å². The quantitative estimate of drug-likeness (QED) is 0.597. The molecule has 1 aliphatic heterocycles. The molecule has 126 valence electrons. The van der Waals surface area contributed by atoms with Crippen LogP contribution in [0.3, 0.4) is 0 Å². The predicted molar refractivity (Wildman–Crippen MR) is 79.1 cm³/mol. The van der Waals surface area contributed by atoms with E-state index in [4.69, 9.17) is 10.5 Å². The molecule has 1 fully saturated rings. The van der Waals surface area contributed by atoms with E-state index in [-0.39, 0.29) is 19.1 Å². The van der Waals surface area contributed by atoms with Gasteiger partial charge in [-0.3, -0.25) is 9.59 Å². The van der Waals surface area contributed by atoms with Crippen LogP contribution in [0.1, 0.15) is 33.6 Å². The standard InChI is InChI=1S/C14H25N3O5/c1-14(2,3)22-8-9(13(20)21)16-12(19)10-5-4-6-17(10)11(18)7-15/h9-10H,4-8,15H2,1-3H3,(H,16,19)(H,20,21)/t9-,10-/m0/s1. The normalized spacial score (nSPS) is 19.8. The second-order valence-corrected chi connectivity index (χ2v) is 6.27. The number of nitrogens with one attached hydrogen (secondary N) is 1. The first kappa shape index (κ1) is 18.4. The number of carboxylic acid groups (broad SMARTS) is 1. The fourth-order valence-corrected chi connectivity index (χ4v) is 2.23. The van der Waals surface area contributed by atoms with Crippen molar-refractivity contribution in [2.45, 2.75) is 51.3 Å². The SMILES string of the molecule is CC(C)(C)OC[C@H](NC(=O)[C@@H]1CCCN1C(=O)CN)C(=O)O. The molecule has 1 aliphatic rings. The minimum absolute atomic E-state index is 0.137. The van der Waals surface area contributed by atoms with Crippen molar-refractivity contribution in [2.24, 2.45) is 5.73 Å². The molecule has 1 heterocycles. The number of ether oxygens (including phenoxy) is 1. The first-order valence-corrected chi connectivity index (χ1v) is 7.32. The van der Waals surface area contributed by atoms with Crippen molar-refractivity contribution in [2.75, 3.05) is 19.7 Å². The van der Waals surface area contributed by atoms with Gasteiger partial charge in [-0.2, -0.15) is 0 Å². The Balaban J connectivity index is 2.66. The van der Waals surface area contributed by atoms with Gasteiger partial charge in [0, 0.05) is 6.54 Å². The lowest BCUT2D eigenvalue weighted by atomic mass is 10.1. The van der Waals surface area contributed by atoms with Gasteiger partial charge in [0.2, 0.25) is 11.8 Å². The summed E-state index contributed by atoms with van der Waals surface area (Å²) in [5.74, 6) is -1.97. The second kappa shape index (κ2) is 7.55. The molecule has 0 unspecified atom stereocenters. The Bertz CT molecular complexity index is 433. The van der Waals surface area contributed by atoms with Crippen LogP contribution in [-0.2, 0) is 19.1 Å². The number of amides is 2. The summed E-state index contributed by atoms with van der Waals surface area (Å²) in [6.07, 6.45) is 1.20. The lowest BCUT2D eigenvalue weighted by Gasteiger charge is -2.26. The zero-order valence-electron chi connectivity index (χ0n) is 13.3. The molecular formula is C14H25N3O5. The molecule has 2 atom stereocenters. The molecule has 8 heteroatoms. The van der Waals surface area contributed by atoms with E-state index in [0.29, 0.717) is 19.4 Å². The third kappa shape index (κ3) is 5.27. The fourth-order valence-electron chi connectivity index (χ4n) is 2.23. The largest absolute Gasteiger partial charge is 0.480 e. The van der Waals surface area contributed by atoms with Crippen LogP contribution in [0.15, 0.2) is 0 Å². The Labute approximate surface area is 130 Å². The van der Waals surface area contributed by atoms with E-state index in [1.54, 1.807) is 20.8 Å². The molecule has 1 rings (SSSR count). The minimum atomic E-state index is -1.17. The van der Waals surface area contributed by atoms with Crippen molar-refractivity contribution in [3.8, 4) is 0 Å². The summed E-state index contributed by atoms with van der Waals surface area (Å²) in [6, 6.07) is -1.81. The highest BCUT2D eigenvalue weighted by molar-refractivity contribution is 5.91. The van der Waals surface area contributed by atoms with Gasteiger partial charge in [0.05, 0.1) is 18.8 Å². The van der Waals surface area contributed by atoms with Crippen LogP contribution in [-0.4, -0.2) is 65.2 Å². The van der Waals surface area contributed by atoms with Gasteiger partial charge in [-0.1, -0.05) is 0 Å².